The second-order valence-electron chi connectivity index (χ2n) is 2.66. The predicted molar refractivity (Wildman–Crippen MR) is 52.0 cm³/mol. The van der Waals surface area contributed by atoms with Gasteiger partial charge in [-0.25, -0.2) is 9.61 Å². The van der Waals surface area contributed by atoms with Crippen LogP contribution in [0.5, 0.6) is 0 Å². The standard InChI is InChI=1S/C7H7N5O2S/c8-6-5(11-14-12-6)7(13)9-1-4-2-15-3-10-4/h2-3H,1H2,(H2,8,12)(H,9,13). The topological polar surface area (TPSA) is 107 Å². The normalized spacial score (nSPS) is 10.1. The lowest BCUT2D eigenvalue weighted by Gasteiger charge is -1.98. The van der Waals surface area contributed by atoms with Gasteiger partial charge in [0.15, 0.2) is 0 Å². The minimum Gasteiger partial charge on any atom is -0.379 e. The lowest BCUT2D eigenvalue weighted by molar-refractivity contribution is 0.0941. The van der Waals surface area contributed by atoms with E-state index in [1.165, 1.54) is 11.3 Å². The quantitative estimate of drug-likeness (QED) is 0.763. The highest BCUT2D eigenvalue weighted by atomic mass is 32.1. The first-order valence-corrected chi connectivity index (χ1v) is 4.95. The molecule has 0 unspecified atom stereocenters. The number of nitrogen functional groups attached to an aromatic ring is 1. The Morgan fingerprint density at radius 3 is 3.07 bits per heavy atom. The Morgan fingerprint density at radius 2 is 2.47 bits per heavy atom. The first-order chi connectivity index (χ1) is 7.27. The molecule has 2 aromatic heterocycles. The van der Waals surface area contributed by atoms with Crippen LogP contribution >= 0.6 is 11.3 Å². The van der Waals surface area contributed by atoms with Gasteiger partial charge in [-0.15, -0.1) is 11.3 Å². The fraction of sp³-hybridized carbons (Fsp3) is 0.143. The van der Waals surface area contributed by atoms with Crippen LogP contribution in [0.3, 0.4) is 0 Å². The van der Waals surface area contributed by atoms with E-state index < -0.39 is 5.91 Å². The highest BCUT2D eigenvalue weighted by molar-refractivity contribution is 7.07. The molecule has 15 heavy (non-hydrogen) atoms. The lowest BCUT2D eigenvalue weighted by atomic mass is 10.4. The second-order valence-corrected chi connectivity index (χ2v) is 3.38. The fourth-order valence-corrected chi connectivity index (χ4v) is 1.49. The highest BCUT2D eigenvalue weighted by Gasteiger charge is 2.15. The molecule has 0 spiro atoms. The molecule has 1 amide bonds. The number of rotatable bonds is 3. The number of carbonyl (C=O) groups excluding carboxylic acids is 1. The molecule has 78 valence electrons. The summed E-state index contributed by atoms with van der Waals surface area (Å²) in [5, 5.41) is 11.1. The number of amides is 1. The van der Waals surface area contributed by atoms with E-state index in [4.69, 9.17) is 5.73 Å². The van der Waals surface area contributed by atoms with E-state index in [0.717, 1.165) is 5.69 Å². The maximum Gasteiger partial charge on any atom is 0.277 e. The molecule has 0 fully saturated rings. The van der Waals surface area contributed by atoms with Crippen LogP contribution in [0.4, 0.5) is 5.82 Å². The molecular weight excluding hydrogens is 218 g/mol. The van der Waals surface area contributed by atoms with E-state index >= 15 is 0 Å². The van der Waals surface area contributed by atoms with Crippen molar-refractivity contribution in [2.45, 2.75) is 6.54 Å². The maximum absolute atomic E-state index is 11.4. The van der Waals surface area contributed by atoms with Crippen molar-refractivity contribution in [2.24, 2.45) is 0 Å². The summed E-state index contributed by atoms with van der Waals surface area (Å²) in [6.07, 6.45) is 0. The van der Waals surface area contributed by atoms with Crippen molar-refractivity contribution < 1.29 is 9.42 Å². The molecule has 0 aromatic carbocycles. The van der Waals surface area contributed by atoms with E-state index in [1.54, 1.807) is 5.51 Å². The smallest absolute Gasteiger partial charge is 0.277 e. The summed E-state index contributed by atoms with van der Waals surface area (Å²) in [7, 11) is 0. The van der Waals surface area contributed by atoms with Gasteiger partial charge in [0, 0.05) is 5.38 Å². The molecular formula is C7H7N5O2S. The number of nitrogens with two attached hydrogens (primary N) is 1. The molecule has 3 N–H and O–H groups in total. The van der Waals surface area contributed by atoms with Crippen molar-refractivity contribution in [1.29, 1.82) is 0 Å². The average molecular weight is 225 g/mol. The van der Waals surface area contributed by atoms with Gasteiger partial charge in [0.1, 0.15) is 0 Å². The van der Waals surface area contributed by atoms with Gasteiger partial charge in [-0.3, -0.25) is 4.79 Å². The van der Waals surface area contributed by atoms with Gasteiger partial charge < -0.3 is 11.1 Å². The SMILES string of the molecule is Nc1nonc1C(=O)NCc1cscn1. The van der Waals surface area contributed by atoms with Crippen molar-refractivity contribution in [2.75, 3.05) is 5.73 Å². The molecule has 8 heteroatoms. The number of hydrogen-bond donors (Lipinski definition) is 2. The molecule has 2 aromatic rings. The molecule has 0 saturated carbocycles. The van der Waals surface area contributed by atoms with Crippen LogP contribution in [-0.2, 0) is 6.54 Å². The molecule has 0 aliphatic rings. The molecule has 0 aliphatic carbocycles. The molecule has 0 saturated heterocycles. The Morgan fingerprint density at radius 1 is 1.60 bits per heavy atom. The van der Waals surface area contributed by atoms with E-state index in [0.29, 0.717) is 6.54 Å². The van der Waals surface area contributed by atoms with Gasteiger partial charge in [-0.05, 0) is 10.3 Å². The Balaban J connectivity index is 1.96. The van der Waals surface area contributed by atoms with E-state index in [2.05, 4.69) is 25.2 Å². The zero-order chi connectivity index (χ0) is 10.7. The van der Waals surface area contributed by atoms with Gasteiger partial charge >= 0.3 is 0 Å². The van der Waals surface area contributed by atoms with Gasteiger partial charge in [-0.1, -0.05) is 0 Å². The van der Waals surface area contributed by atoms with E-state index in [9.17, 15) is 4.79 Å². The molecule has 0 bridgehead atoms. The van der Waals surface area contributed by atoms with Gasteiger partial charge in [-0.2, -0.15) is 0 Å². The van der Waals surface area contributed by atoms with Crippen molar-refractivity contribution in [3.63, 3.8) is 0 Å². The van der Waals surface area contributed by atoms with Gasteiger partial charge in [0.25, 0.3) is 5.91 Å². The first-order valence-electron chi connectivity index (χ1n) is 4.00. The number of anilines is 1. The number of thiazole rings is 1. The van der Waals surface area contributed by atoms with Crippen LogP contribution in [0.25, 0.3) is 0 Å². The third-order valence-corrected chi connectivity index (χ3v) is 2.28. The molecule has 0 atom stereocenters. The zero-order valence-electron chi connectivity index (χ0n) is 7.51. The largest absolute Gasteiger partial charge is 0.379 e. The van der Waals surface area contributed by atoms with Gasteiger partial charge in [0.2, 0.25) is 11.5 Å². The second kappa shape index (κ2) is 4.05. The van der Waals surface area contributed by atoms with Crippen LogP contribution in [0, 0.1) is 0 Å². The summed E-state index contributed by atoms with van der Waals surface area (Å²) < 4.78 is 4.30. The predicted octanol–water partition coefficient (Wildman–Crippen LogP) is 0.0383. The van der Waals surface area contributed by atoms with Crippen LogP contribution in [0.2, 0.25) is 0 Å². The highest BCUT2D eigenvalue weighted by Crippen LogP contribution is 2.04. The monoisotopic (exact) mass is 225 g/mol. The molecule has 2 heterocycles. The van der Waals surface area contributed by atoms with Crippen molar-refractivity contribution >= 4 is 23.1 Å². The Hall–Kier alpha value is -1.96. The summed E-state index contributed by atoms with van der Waals surface area (Å²) >= 11 is 1.46. The Bertz CT molecular complexity index is 452. The molecule has 0 radical (unpaired) electrons. The van der Waals surface area contributed by atoms with Crippen LogP contribution < -0.4 is 11.1 Å². The lowest BCUT2D eigenvalue weighted by Crippen LogP contribution is -2.24. The summed E-state index contributed by atoms with van der Waals surface area (Å²) in [5.41, 5.74) is 7.81. The Labute approximate surface area is 88.3 Å². The van der Waals surface area contributed by atoms with E-state index in [1.807, 2.05) is 5.38 Å². The number of hydrogen-bond acceptors (Lipinski definition) is 7. The summed E-state index contributed by atoms with van der Waals surface area (Å²) in [6.45, 7) is 0.328. The average Bonchev–Trinajstić information content (AvgIpc) is 2.84. The summed E-state index contributed by atoms with van der Waals surface area (Å²) in [5.74, 6) is -0.451. The number of carbonyl (C=O) groups is 1. The summed E-state index contributed by atoms with van der Waals surface area (Å²) in [4.78, 5) is 15.4. The van der Waals surface area contributed by atoms with Crippen LogP contribution in [-0.4, -0.2) is 21.2 Å². The zero-order valence-corrected chi connectivity index (χ0v) is 8.32. The summed E-state index contributed by atoms with van der Waals surface area (Å²) in [6, 6.07) is 0. The maximum atomic E-state index is 11.4. The Kier molecular flexibility index (Phi) is 2.59. The third kappa shape index (κ3) is 2.10. The fourth-order valence-electron chi connectivity index (χ4n) is 0.932. The van der Waals surface area contributed by atoms with E-state index in [-0.39, 0.29) is 11.5 Å². The minimum atomic E-state index is -0.429. The van der Waals surface area contributed by atoms with Crippen molar-refractivity contribution in [3.8, 4) is 0 Å². The molecule has 7 nitrogen and oxygen atoms in total. The van der Waals surface area contributed by atoms with Crippen molar-refractivity contribution in [3.05, 3.63) is 22.3 Å². The number of nitrogens with one attached hydrogen (secondary N) is 1. The van der Waals surface area contributed by atoms with Crippen LogP contribution in [0.1, 0.15) is 16.2 Å². The first kappa shape index (κ1) is 9.59. The van der Waals surface area contributed by atoms with Crippen molar-refractivity contribution in [1.82, 2.24) is 20.6 Å². The third-order valence-electron chi connectivity index (χ3n) is 1.64. The molecule has 2 rings (SSSR count). The number of aromatic nitrogens is 3. The number of nitrogens with zero attached hydrogens (tertiary/aromatic N) is 3. The van der Waals surface area contributed by atoms with Crippen LogP contribution in [0.15, 0.2) is 15.5 Å². The van der Waals surface area contributed by atoms with Gasteiger partial charge in [0.05, 0.1) is 17.7 Å². The minimum absolute atomic E-state index is 0.00905. The molecule has 0 aliphatic heterocycles.